The van der Waals surface area contributed by atoms with Crippen LogP contribution in [0.5, 0.6) is 0 Å². The number of fused-ring (bicyclic) bond motifs is 1. The Bertz CT molecular complexity index is 594. The van der Waals surface area contributed by atoms with Crippen molar-refractivity contribution < 1.29 is 4.39 Å². The molecule has 2 nitrogen and oxygen atoms in total. The van der Waals surface area contributed by atoms with E-state index in [9.17, 15) is 4.39 Å². The molecule has 0 saturated carbocycles. The highest BCUT2D eigenvalue weighted by Gasteiger charge is 2.16. The van der Waals surface area contributed by atoms with E-state index in [2.05, 4.69) is 16.8 Å². The van der Waals surface area contributed by atoms with Crippen molar-refractivity contribution in [2.45, 2.75) is 26.2 Å². The lowest BCUT2D eigenvalue weighted by Gasteiger charge is -2.22. The zero-order valence-electron chi connectivity index (χ0n) is 11.7. The highest BCUT2D eigenvalue weighted by molar-refractivity contribution is 5.82. The van der Waals surface area contributed by atoms with Crippen molar-refractivity contribution in [1.82, 2.24) is 9.88 Å². The zero-order chi connectivity index (χ0) is 13.4. The number of nitrogens with zero attached hydrogens (tertiary/aromatic N) is 1. The van der Waals surface area contributed by atoms with Crippen LogP contribution >= 0.6 is 0 Å². The van der Waals surface area contributed by atoms with Gasteiger partial charge in [0.1, 0.15) is 5.82 Å². The van der Waals surface area contributed by atoms with Gasteiger partial charge >= 0.3 is 0 Å². The second-order valence-corrected chi connectivity index (χ2v) is 5.74. The van der Waals surface area contributed by atoms with Gasteiger partial charge in [-0.1, -0.05) is 0 Å². The summed E-state index contributed by atoms with van der Waals surface area (Å²) < 4.78 is 16.3. The highest BCUT2D eigenvalue weighted by atomic mass is 19.1. The third-order valence-corrected chi connectivity index (χ3v) is 4.42. The Morgan fingerprint density at radius 2 is 2.00 bits per heavy atom. The van der Waals surface area contributed by atoms with E-state index in [4.69, 9.17) is 0 Å². The van der Waals surface area contributed by atoms with E-state index in [1.807, 2.05) is 19.2 Å². The van der Waals surface area contributed by atoms with Gasteiger partial charge in [-0.15, -0.1) is 0 Å². The molecule has 0 spiro atoms. The molecule has 1 aliphatic heterocycles. The Morgan fingerprint density at radius 1 is 1.26 bits per heavy atom. The topological polar surface area (TPSA) is 17.0 Å². The van der Waals surface area contributed by atoms with E-state index in [1.54, 1.807) is 6.07 Å². The van der Waals surface area contributed by atoms with Crippen molar-refractivity contribution in [2.75, 3.05) is 13.1 Å². The maximum atomic E-state index is 14.2. The zero-order valence-corrected chi connectivity index (χ0v) is 11.7. The lowest BCUT2D eigenvalue weighted by atomic mass is 9.90. The summed E-state index contributed by atoms with van der Waals surface area (Å²) in [5.74, 6) is 0.575. The van der Waals surface area contributed by atoms with Crippen LogP contribution in [0, 0.1) is 18.7 Å². The first-order valence-corrected chi connectivity index (χ1v) is 7.10. The number of aryl methyl sites for hydroxylation is 2. The Labute approximate surface area is 113 Å². The smallest absolute Gasteiger partial charge is 0.127 e. The van der Waals surface area contributed by atoms with Gasteiger partial charge in [0.15, 0.2) is 0 Å². The number of benzene rings is 1. The summed E-state index contributed by atoms with van der Waals surface area (Å²) in [5, 5.41) is 4.37. The van der Waals surface area contributed by atoms with Gasteiger partial charge < -0.3 is 9.88 Å². The van der Waals surface area contributed by atoms with Crippen LogP contribution in [-0.2, 0) is 13.5 Å². The van der Waals surface area contributed by atoms with Crippen LogP contribution in [0.2, 0.25) is 0 Å². The van der Waals surface area contributed by atoms with Gasteiger partial charge in [-0.2, -0.15) is 0 Å². The molecule has 3 rings (SSSR count). The molecule has 1 aromatic heterocycles. The quantitative estimate of drug-likeness (QED) is 0.877. The Balaban J connectivity index is 1.93. The summed E-state index contributed by atoms with van der Waals surface area (Å²) in [7, 11) is 2.05. The van der Waals surface area contributed by atoms with Crippen LogP contribution < -0.4 is 5.32 Å². The predicted molar refractivity (Wildman–Crippen MR) is 76.9 cm³/mol. The SMILES string of the molecule is Cc1cc2cc(F)c(CC3CCNCC3)cc2n1C. The molecule has 1 N–H and O–H groups in total. The third-order valence-electron chi connectivity index (χ3n) is 4.42. The molecule has 2 aromatic rings. The lowest BCUT2D eigenvalue weighted by Crippen LogP contribution is -2.28. The third kappa shape index (κ3) is 2.39. The minimum atomic E-state index is -0.0448. The van der Waals surface area contributed by atoms with Crippen molar-refractivity contribution in [2.24, 2.45) is 13.0 Å². The monoisotopic (exact) mass is 260 g/mol. The van der Waals surface area contributed by atoms with Gasteiger partial charge in [-0.05, 0) is 69.0 Å². The average Bonchev–Trinajstić information content (AvgIpc) is 2.67. The van der Waals surface area contributed by atoms with E-state index in [-0.39, 0.29) is 5.82 Å². The maximum absolute atomic E-state index is 14.2. The van der Waals surface area contributed by atoms with Gasteiger partial charge in [0, 0.05) is 23.6 Å². The molecular weight excluding hydrogens is 239 g/mol. The van der Waals surface area contributed by atoms with E-state index in [0.29, 0.717) is 5.92 Å². The average molecular weight is 260 g/mol. The van der Waals surface area contributed by atoms with Crippen molar-refractivity contribution in [1.29, 1.82) is 0 Å². The summed E-state index contributed by atoms with van der Waals surface area (Å²) in [5.41, 5.74) is 3.19. The second-order valence-electron chi connectivity index (χ2n) is 5.74. The first-order valence-electron chi connectivity index (χ1n) is 7.10. The lowest BCUT2D eigenvalue weighted by molar-refractivity contribution is 0.368. The van der Waals surface area contributed by atoms with Crippen LogP contribution in [0.1, 0.15) is 24.1 Å². The molecule has 102 valence electrons. The van der Waals surface area contributed by atoms with Crippen molar-refractivity contribution in [3.8, 4) is 0 Å². The Hall–Kier alpha value is -1.35. The molecule has 1 fully saturated rings. The van der Waals surface area contributed by atoms with Gasteiger partial charge in [0.05, 0.1) is 0 Å². The highest BCUT2D eigenvalue weighted by Crippen LogP contribution is 2.26. The van der Waals surface area contributed by atoms with Crippen molar-refractivity contribution >= 4 is 10.9 Å². The molecule has 2 heterocycles. The Kier molecular flexibility index (Phi) is 3.31. The number of halogens is 1. The standard InChI is InChI=1S/C16H21FN2/c1-11-7-14-9-15(17)13(10-16(14)19(11)2)8-12-3-5-18-6-4-12/h7,9-10,12,18H,3-6,8H2,1-2H3. The number of rotatable bonds is 2. The minimum absolute atomic E-state index is 0.0448. The second kappa shape index (κ2) is 4.97. The van der Waals surface area contributed by atoms with E-state index in [0.717, 1.165) is 48.8 Å². The summed E-state index contributed by atoms with van der Waals surface area (Å²) in [6.45, 7) is 4.19. The molecule has 0 unspecified atom stereocenters. The van der Waals surface area contributed by atoms with Crippen LogP contribution in [0.25, 0.3) is 10.9 Å². The van der Waals surface area contributed by atoms with Crippen LogP contribution in [0.4, 0.5) is 4.39 Å². The molecular formula is C16H21FN2. The Morgan fingerprint density at radius 3 is 2.74 bits per heavy atom. The van der Waals surface area contributed by atoms with Crippen molar-refractivity contribution in [3.63, 3.8) is 0 Å². The van der Waals surface area contributed by atoms with Crippen molar-refractivity contribution in [3.05, 3.63) is 35.3 Å². The molecule has 0 bridgehead atoms. The van der Waals surface area contributed by atoms with Crippen LogP contribution in [0.15, 0.2) is 18.2 Å². The fourth-order valence-corrected chi connectivity index (χ4v) is 3.09. The molecule has 1 saturated heterocycles. The molecule has 0 radical (unpaired) electrons. The fraction of sp³-hybridized carbons (Fsp3) is 0.500. The first kappa shape index (κ1) is 12.7. The molecule has 0 atom stereocenters. The summed E-state index contributed by atoms with van der Waals surface area (Å²) in [6.07, 6.45) is 3.18. The van der Waals surface area contributed by atoms with Gasteiger partial charge in [0.25, 0.3) is 0 Å². The summed E-state index contributed by atoms with van der Waals surface area (Å²) in [6, 6.07) is 5.78. The molecule has 1 aliphatic rings. The number of hydrogen-bond acceptors (Lipinski definition) is 1. The van der Waals surface area contributed by atoms with Gasteiger partial charge in [0.2, 0.25) is 0 Å². The number of aromatic nitrogens is 1. The minimum Gasteiger partial charge on any atom is -0.348 e. The normalized spacial score (nSPS) is 17.2. The van der Waals surface area contributed by atoms with E-state index in [1.165, 1.54) is 5.69 Å². The summed E-state index contributed by atoms with van der Waals surface area (Å²) in [4.78, 5) is 0. The van der Waals surface area contributed by atoms with E-state index < -0.39 is 0 Å². The molecule has 3 heteroatoms. The first-order chi connectivity index (χ1) is 9.15. The predicted octanol–water partition coefficient (Wildman–Crippen LogP) is 3.17. The van der Waals surface area contributed by atoms with Gasteiger partial charge in [-0.3, -0.25) is 0 Å². The largest absolute Gasteiger partial charge is 0.348 e. The number of nitrogens with one attached hydrogen (secondary N) is 1. The molecule has 1 aromatic carbocycles. The molecule has 0 aliphatic carbocycles. The fourth-order valence-electron chi connectivity index (χ4n) is 3.09. The van der Waals surface area contributed by atoms with Crippen LogP contribution in [-0.4, -0.2) is 17.7 Å². The van der Waals surface area contributed by atoms with E-state index >= 15 is 0 Å². The molecule has 0 amide bonds. The number of hydrogen-bond donors (Lipinski definition) is 1. The van der Waals surface area contributed by atoms with Crippen LogP contribution in [0.3, 0.4) is 0 Å². The molecule has 19 heavy (non-hydrogen) atoms. The number of piperidine rings is 1. The van der Waals surface area contributed by atoms with Gasteiger partial charge in [-0.25, -0.2) is 4.39 Å². The maximum Gasteiger partial charge on any atom is 0.127 e. The summed E-state index contributed by atoms with van der Waals surface area (Å²) >= 11 is 0.